The Labute approximate surface area is 44.6 Å². The Balaban J connectivity index is 3.30. The van der Waals surface area contributed by atoms with Crippen LogP contribution in [0.4, 0.5) is 0 Å². The van der Waals surface area contributed by atoms with Gasteiger partial charge in [-0.25, -0.2) is 0 Å². The first-order chi connectivity index (χ1) is 3.29. The fourth-order valence-corrected chi connectivity index (χ4v) is 0.426. The first-order valence-electron chi connectivity index (χ1n) is 1.66. The number of oxazole rings is 1. The zero-order chi connectivity index (χ0) is 5.28. The van der Waals surface area contributed by atoms with E-state index in [0.29, 0.717) is 0 Å². The molecule has 0 aliphatic heterocycles. The first kappa shape index (κ1) is 4.39. The molecule has 1 rings (SSSR count). The van der Waals surface area contributed by atoms with Crippen molar-refractivity contribution >= 4 is 12.2 Å². The molecule has 0 saturated heterocycles. The Morgan fingerprint density at radius 1 is 1.86 bits per heavy atom. The highest BCUT2D eigenvalue weighted by molar-refractivity contribution is 7.71. The van der Waals surface area contributed by atoms with Crippen molar-refractivity contribution in [2.75, 3.05) is 0 Å². The number of aromatic amines is 1. The molecule has 0 aliphatic rings. The Morgan fingerprint density at radius 3 is 2.71 bits per heavy atom. The second kappa shape index (κ2) is 1.38. The molecule has 1 aromatic rings. The number of aromatic hydroxyl groups is 1. The maximum atomic E-state index is 8.44. The molecular weight excluding hydrogens is 114 g/mol. The van der Waals surface area contributed by atoms with Gasteiger partial charge < -0.3 is 9.52 Å². The first-order valence-corrected chi connectivity index (χ1v) is 2.06. The van der Waals surface area contributed by atoms with Gasteiger partial charge in [0.15, 0.2) is 6.26 Å². The van der Waals surface area contributed by atoms with Crippen LogP contribution in [0.1, 0.15) is 0 Å². The summed E-state index contributed by atoms with van der Waals surface area (Å²) in [5.74, 6) is -0.0370. The van der Waals surface area contributed by atoms with Gasteiger partial charge in [0.1, 0.15) is 0 Å². The largest absolute Gasteiger partial charge is 0.492 e. The summed E-state index contributed by atoms with van der Waals surface area (Å²) in [7, 11) is 0. The van der Waals surface area contributed by atoms with E-state index in [0.717, 1.165) is 6.26 Å². The number of aromatic nitrogens is 1. The fraction of sp³-hybridized carbons (Fsp3) is 0. The van der Waals surface area contributed by atoms with E-state index in [2.05, 4.69) is 21.6 Å². The summed E-state index contributed by atoms with van der Waals surface area (Å²) in [6, 6.07) is 0. The molecule has 2 N–H and O–H groups in total. The van der Waals surface area contributed by atoms with Gasteiger partial charge in [0.05, 0.1) is 0 Å². The molecule has 3 nitrogen and oxygen atoms in total. The van der Waals surface area contributed by atoms with Gasteiger partial charge in [-0.05, 0) is 12.2 Å². The second-order valence-electron chi connectivity index (χ2n) is 1.03. The number of nitrogens with one attached hydrogen (secondary N) is 1. The van der Waals surface area contributed by atoms with E-state index in [-0.39, 0.29) is 10.7 Å². The van der Waals surface area contributed by atoms with Crippen LogP contribution < -0.4 is 0 Å². The van der Waals surface area contributed by atoms with Gasteiger partial charge in [-0.1, -0.05) is 0 Å². The van der Waals surface area contributed by atoms with Crippen molar-refractivity contribution in [3.63, 3.8) is 0 Å². The zero-order valence-corrected chi connectivity index (χ0v) is 4.16. The number of hydrogen-bond donors (Lipinski definition) is 2. The van der Waals surface area contributed by atoms with Gasteiger partial charge in [-0.3, -0.25) is 4.98 Å². The van der Waals surface area contributed by atoms with Crippen molar-refractivity contribution in [1.29, 1.82) is 0 Å². The highest BCUT2D eigenvalue weighted by Gasteiger charge is 1.84. The molecule has 0 spiro atoms. The van der Waals surface area contributed by atoms with E-state index in [9.17, 15) is 0 Å². The van der Waals surface area contributed by atoms with Crippen LogP contribution in [-0.4, -0.2) is 10.1 Å². The summed E-state index contributed by atoms with van der Waals surface area (Å²) >= 11 is 4.45. The van der Waals surface area contributed by atoms with Gasteiger partial charge in [0.2, 0.25) is 5.88 Å². The van der Waals surface area contributed by atoms with Gasteiger partial charge >= 0.3 is 0 Å². The van der Waals surface area contributed by atoms with Crippen molar-refractivity contribution in [2.45, 2.75) is 0 Å². The molecule has 0 fully saturated rings. The molecule has 1 heterocycles. The fourth-order valence-electron chi connectivity index (χ4n) is 0.273. The topological polar surface area (TPSA) is 49.2 Å². The monoisotopic (exact) mass is 117 g/mol. The average Bonchev–Trinajstić information content (AvgIpc) is 1.87. The van der Waals surface area contributed by atoms with Crippen LogP contribution in [-0.2, 0) is 0 Å². The molecule has 0 atom stereocenters. The van der Waals surface area contributed by atoms with Crippen molar-refractivity contribution < 1.29 is 9.52 Å². The summed E-state index contributed by atoms with van der Waals surface area (Å²) in [5.41, 5.74) is 0. The molecule has 0 aliphatic carbocycles. The van der Waals surface area contributed by atoms with Crippen molar-refractivity contribution in [3.05, 3.63) is 11.1 Å². The second-order valence-corrected chi connectivity index (χ2v) is 1.40. The molecular formula is C3H3NO2S. The average molecular weight is 117 g/mol. The van der Waals surface area contributed by atoms with E-state index < -0.39 is 0 Å². The third-order valence-corrected chi connectivity index (χ3v) is 0.706. The lowest BCUT2D eigenvalue weighted by atomic mass is 10.9. The van der Waals surface area contributed by atoms with Crippen LogP contribution in [0, 0.1) is 4.84 Å². The number of H-pyrrole nitrogens is 1. The van der Waals surface area contributed by atoms with Crippen LogP contribution in [0.5, 0.6) is 5.88 Å². The maximum Gasteiger partial charge on any atom is 0.268 e. The van der Waals surface area contributed by atoms with Crippen molar-refractivity contribution in [2.24, 2.45) is 0 Å². The minimum absolute atomic E-state index is 0.0370. The van der Waals surface area contributed by atoms with Crippen molar-refractivity contribution in [1.82, 2.24) is 4.98 Å². The quantitative estimate of drug-likeness (QED) is 0.499. The van der Waals surface area contributed by atoms with E-state index in [1.54, 1.807) is 0 Å². The molecule has 0 radical (unpaired) electrons. The molecule has 0 bridgehead atoms. The molecule has 0 amide bonds. The van der Waals surface area contributed by atoms with E-state index in [1.165, 1.54) is 0 Å². The van der Waals surface area contributed by atoms with E-state index in [1.807, 2.05) is 0 Å². The Hall–Kier alpha value is -0.770. The molecule has 38 valence electrons. The van der Waals surface area contributed by atoms with Gasteiger partial charge in [0, 0.05) is 0 Å². The lowest BCUT2D eigenvalue weighted by Gasteiger charge is -1.67. The predicted molar refractivity (Wildman–Crippen MR) is 25.6 cm³/mol. The third kappa shape index (κ3) is 0.806. The Morgan fingerprint density at radius 2 is 2.57 bits per heavy atom. The van der Waals surface area contributed by atoms with Crippen LogP contribution in [0.3, 0.4) is 0 Å². The van der Waals surface area contributed by atoms with Gasteiger partial charge in [-0.15, -0.1) is 0 Å². The Kier molecular flexibility index (Phi) is 0.867. The molecule has 7 heavy (non-hydrogen) atoms. The Bertz CT molecular complexity index is 201. The number of rotatable bonds is 0. The van der Waals surface area contributed by atoms with Crippen molar-refractivity contribution in [3.8, 4) is 5.88 Å². The van der Waals surface area contributed by atoms with E-state index in [4.69, 9.17) is 5.11 Å². The molecule has 0 unspecified atom stereocenters. The summed E-state index contributed by atoms with van der Waals surface area (Å²) in [4.78, 5) is 2.53. The minimum atomic E-state index is -0.0370. The molecule has 4 heteroatoms. The predicted octanol–water partition coefficient (Wildman–Crippen LogP) is 1.04. The summed E-state index contributed by atoms with van der Waals surface area (Å²) in [6.07, 6.45) is 1.14. The maximum absolute atomic E-state index is 8.44. The highest BCUT2D eigenvalue weighted by atomic mass is 32.1. The van der Waals surface area contributed by atoms with Crippen LogP contribution in [0.25, 0.3) is 0 Å². The smallest absolute Gasteiger partial charge is 0.268 e. The normalized spacial score (nSPS) is 9.14. The summed E-state index contributed by atoms with van der Waals surface area (Å²) in [6.45, 7) is 0. The number of hydrogen-bond acceptors (Lipinski definition) is 3. The van der Waals surface area contributed by atoms with E-state index >= 15 is 0 Å². The standard InChI is InChI=1S/C3H3NO2S/c5-2-1-6-3(7)4-2/h1,5H,(H,4,7). The van der Waals surface area contributed by atoms with Crippen LogP contribution >= 0.6 is 12.2 Å². The summed E-state index contributed by atoms with van der Waals surface area (Å²) in [5, 5.41) is 8.44. The lowest BCUT2D eigenvalue weighted by molar-refractivity contribution is 0.447. The van der Waals surface area contributed by atoms with Gasteiger partial charge in [-0.2, -0.15) is 0 Å². The lowest BCUT2D eigenvalue weighted by Crippen LogP contribution is -1.55. The minimum Gasteiger partial charge on any atom is -0.492 e. The third-order valence-electron chi connectivity index (χ3n) is 0.508. The zero-order valence-electron chi connectivity index (χ0n) is 3.34. The molecule has 1 aromatic heterocycles. The summed E-state index contributed by atoms with van der Waals surface area (Å²) < 4.78 is 4.47. The molecule has 0 aromatic carbocycles. The van der Waals surface area contributed by atoms with Gasteiger partial charge in [0.25, 0.3) is 4.84 Å². The SMILES string of the molecule is Oc1coc(=S)[nH]1. The van der Waals surface area contributed by atoms with Crippen LogP contribution in [0.15, 0.2) is 10.7 Å². The van der Waals surface area contributed by atoms with Crippen LogP contribution in [0.2, 0.25) is 0 Å². The highest BCUT2D eigenvalue weighted by Crippen LogP contribution is 2.01. The molecule has 0 saturated carbocycles.